The zero-order valence-corrected chi connectivity index (χ0v) is 15.9. The molecule has 3 heterocycles. The fraction of sp³-hybridized carbons (Fsp3) is 0.400. The quantitative estimate of drug-likeness (QED) is 0.691. The van der Waals surface area contributed by atoms with Crippen molar-refractivity contribution in [1.29, 1.82) is 0 Å². The molecule has 29 heavy (non-hydrogen) atoms. The van der Waals surface area contributed by atoms with E-state index in [0.29, 0.717) is 24.7 Å². The second kappa shape index (κ2) is 8.97. The average molecular weight is 401 g/mol. The van der Waals surface area contributed by atoms with Crippen LogP contribution in [-0.2, 0) is 20.9 Å². The summed E-state index contributed by atoms with van der Waals surface area (Å²) in [6, 6.07) is 8.90. The lowest BCUT2D eigenvalue weighted by atomic mass is 10.1. The van der Waals surface area contributed by atoms with Crippen LogP contribution in [0.3, 0.4) is 0 Å². The van der Waals surface area contributed by atoms with E-state index in [1.807, 2.05) is 18.2 Å². The summed E-state index contributed by atoms with van der Waals surface area (Å²) in [5.74, 6) is 0.671. The maximum absolute atomic E-state index is 12.3. The molecule has 1 atom stereocenters. The van der Waals surface area contributed by atoms with E-state index >= 15 is 0 Å². The number of hydrogen-bond donors (Lipinski definition) is 2. The predicted molar refractivity (Wildman–Crippen MR) is 101 cm³/mol. The maximum Gasteiger partial charge on any atom is 0.309 e. The monoisotopic (exact) mass is 401 g/mol. The molecule has 2 amide bonds. The number of carbonyl (C=O) groups is 2. The number of nitrogens with zero attached hydrogens (tertiary/aromatic N) is 1. The normalized spacial score (nSPS) is 17.0. The number of amides is 2. The second-order valence-electron chi connectivity index (χ2n) is 6.76. The van der Waals surface area contributed by atoms with Crippen LogP contribution in [0.25, 0.3) is 0 Å². The molecule has 0 saturated carbocycles. The third kappa shape index (κ3) is 4.69. The van der Waals surface area contributed by atoms with E-state index in [-0.39, 0.29) is 25.9 Å². The fourth-order valence-corrected chi connectivity index (χ4v) is 3.36. The van der Waals surface area contributed by atoms with Crippen molar-refractivity contribution >= 4 is 11.8 Å². The van der Waals surface area contributed by atoms with Crippen LogP contribution in [-0.4, -0.2) is 56.4 Å². The molecule has 0 spiro atoms. The summed E-state index contributed by atoms with van der Waals surface area (Å²) in [5.41, 5.74) is 0.817. The lowest BCUT2D eigenvalue weighted by Crippen LogP contribution is -2.46. The smallest absolute Gasteiger partial charge is 0.309 e. The summed E-state index contributed by atoms with van der Waals surface area (Å²) in [5, 5.41) is 5.33. The van der Waals surface area contributed by atoms with Crippen molar-refractivity contribution in [2.75, 3.05) is 39.6 Å². The first-order valence-corrected chi connectivity index (χ1v) is 9.50. The van der Waals surface area contributed by atoms with Gasteiger partial charge in [0, 0.05) is 26.2 Å². The topological polar surface area (TPSA) is 102 Å². The van der Waals surface area contributed by atoms with Gasteiger partial charge < -0.3 is 29.3 Å². The zero-order chi connectivity index (χ0) is 20.1. The van der Waals surface area contributed by atoms with Crippen LogP contribution < -0.4 is 20.1 Å². The van der Waals surface area contributed by atoms with Crippen molar-refractivity contribution in [3.8, 4) is 11.5 Å². The van der Waals surface area contributed by atoms with Crippen molar-refractivity contribution in [2.45, 2.75) is 12.6 Å². The number of furan rings is 1. The molecule has 1 saturated heterocycles. The standard InChI is InChI=1S/C20H23N3O6/c24-19(21-11-14-3-4-17-18(10-14)29-13-28-17)20(25)22-12-15(16-2-1-7-27-16)23-5-8-26-9-6-23/h1-4,7,10,15H,5-6,8-9,11-13H2,(H,21,24)(H,22,25)/t15-/m0/s1. The van der Waals surface area contributed by atoms with Gasteiger partial charge in [0.05, 0.1) is 25.5 Å². The van der Waals surface area contributed by atoms with Crippen LogP contribution in [0.4, 0.5) is 0 Å². The summed E-state index contributed by atoms with van der Waals surface area (Å²) >= 11 is 0. The minimum atomic E-state index is -0.692. The first kappa shape index (κ1) is 19.3. The van der Waals surface area contributed by atoms with Gasteiger partial charge in [-0.15, -0.1) is 0 Å². The molecule has 154 valence electrons. The zero-order valence-electron chi connectivity index (χ0n) is 15.9. The molecule has 2 aliphatic heterocycles. The largest absolute Gasteiger partial charge is 0.468 e. The number of rotatable bonds is 6. The second-order valence-corrected chi connectivity index (χ2v) is 6.76. The number of morpholine rings is 1. The predicted octanol–water partition coefficient (Wildman–Crippen LogP) is 0.814. The van der Waals surface area contributed by atoms with E-state index in [1.165, 1.54) is 0 Å². The van der Waals surface area contributed by atoms with Gasteiger partial charge in [-0.2, -0.15) is 0 Å². The van der Waals surface area contributed by atoms with E-state index in [2.05, 4.69) is 15.5 Å². The summed E-state index contributed by atoms with van der Waals surface area (Å²) in [6.45, 7) is 3.39. The van der Waals surface area contributed by atoms with Gasteiger partial charge in [-0.25, -0.2) is 0 Å². The Morgan fingerprint density at radius 2 is 1.83 bits per heavy atom. The Kier molecular flexibility index (Phi) is 5.97. The molecule has 1 aromatic heterocycles. The van der Waals surface area contributed by atoms with Gasteiger partial charge in [0.2, 0.25) is 6.79 Å². The third-order valence-corrected chi connectivity index (χ3v) is 4.91. The summed E-state index contributed by atoms with van der Waals surface area (Å²) in [6.07, 6.45) is 1.60. The molecule has 2 N–H and O–H groups in total. The molecule has 1 fully saturated rings. The molecule has 0 bridgehead atoms. The molecule has 4 rings (SSSR count). The number of hydrogen-bond acceptors (Lipinski definition) is 7. The van der Waals surface area contributed by atoms with Crippen LogP contribution >= 0.6 is 0 Å². The van der Waals surface area contributed by atoms with Crippen molar-refractivity contribution in [1.82, 2.24) is 15.5 Å². The van der Waals surface area contributed by atoms with E-state index in [0.717, 1.165) is 24.4 Å². The van der Waals surface area contributed by atoms with Crippen molar-refractivity contribution in [3.05, 3.63) is 47.9 Å². The van der Waals surface area contributed by atoms with Gasteiger partial charge in [0.25, 0.3) is 0 Å². The Hall–Kier alpha value is -3.04. The van der Waals surface area contributed by atoms with Crippen LogP contribution in [0, 0.1) is 0 Å². The number of carbonyl (C=O) groups excluding carboxylic acids is 2. The fourth-order valence-electron chi connectivity index (χ4n) is 3.36. The third-order valence-electron chi connectivity index (χ3n) is 4.91. The molecule has 9 heteroatoms. The minimum absolute atomic E-state index is 0.153. The van der Waals surface area contributed by atoms with Crippen molar-refractivity contribution in [3.63, 3.8) is 0 Å². The number of benzene rings is 1. The number of ether oxygens (including phenoxy) is 3. The molecule has 0 aliphatic carbocycles. The van der Waals surface area contributed by atoms with E-state index in [1.54, 1.807) is 18.4 Å². The van der Waals surface area contributed by atoms with Gasteiger partial charge in [0.1, 0.15) is 5.76 Å². The average Bonchev–Trinajstić information content (AvgIpc) is 3.44. The molecule has 9 nitrogen and oxygen atoms in total. The number of nitrogens with one attached hydrogen (secondary N) is 2. The van der Waals surface area contributed by atoms with Crippen LogP contribution in [0.2, 0.25) is 0 Å². The molecule has 0 radical (unpaired) electrons. The molecule has 2 aliphatic rings. The van der Waals surface area contributed by atoms with E-state index in [9.17, 15) is 9.59 Å². The Bertz CT molecular complexity index is 848. The Morgan fingerprint density at radius 3 is 2.62 bits per heavy atom. The first-order chi connectivity index (χ1) is 14.2. The highest BCUT2D eigenvalue weighted by Gasteiger charge is 2.26. The van der Waals surface area contributed by atoms with Crippen molar-refractivity contribution < 1.29 is 28.2 Å². The van der Waals surface area contributed by atoms with Crippen LogP contribution in [0.15, 0.2) is 41.0 Å². The van der Waals surface area contributed by atoms with Gasteiger partial charge in [-0.05, 0) is 29.8 Å². The lowest BCUT2D eigenvalue weighted by molar-refractivity contribution is -0.139. The first-order valence-electron chi connectivity index (χ1n) is 9.50. The van der Waals surface area contributed by atoms with Gasteiger partial charge in [-0.1, -0.05) is 6.07 Å². The molecule has 1 aromatic carbocycles. The van der Waals surface area contributed by atoms with E-state index in [4.69, 9.17) is 18.6 Å². The van der Waals surface area contributed by atoms with Crippen molar-refractivity contribution in [2.24, 2.45) is 0 Å². The molecule has 0 unspecified atom stereocenters. The number of fused-ring (bicyclic) bond motifs is 1. The summed E-state index contributed by atoms with van der Waals surface area (Å²) < 4.78 is 21.5. The van der Waals surface area contributed by atoms with Gasteiger partial charge >= 0.3 is 11.8 Å². The minimum Gasteiger partial charge on any atom is -0.468 e. The summed E-state index contributed by atoms with van der Waals surface area (Å²) in [7, 11) is 0. The van der Waals surface area contributed by atoms with Gasteiger partial charge in [0.15, 0.2) is 11.5 Å². The highest BCUT2D eigenvalue weighted by Crippen LogP contribution is 2.32. The maximum atomic E-state index is 12.3. The van der Waals surface area contributed by atoms with Crippen LogP contribution in [0.5, 0.6) is 11.5 Å². The molecular formula is C20H23N3O6. The highest BCUT2D eigenvalue weighted by molar-refractivity contribution is 6.35. The summed E-state index contributed by atoms with van der Waals surface area (Å²) in [4.78, 5) is 26.6. The van der Waals surface area contributed by atoms with Crippen LogP contribution in [0.1, 0.15) is 17.4 Å². The molecule has 2 aromatic rings. The van der Waals surface area contributed by atoms with E-state index < -0.39 is 11.8 Å². The lowest BCUT2D eigenvalue weighted by Gasteiger charge is -2.33. The Balaban J connectivity index is 1.29. The Morgan fingerprint density at radius 1 is 1.03 bits per heavy atom. The SMILES string of the molecule is O=C(NCc1ccc2c(c1)OCO2)C(=O)NC[C@@H](c1ccco1)N1CCOCC1. The van der Waals surface area contributed by atoms with Gasteiger partial charge in [-0.3, -0.25) is 14.5 Å². The molecular weight excluding hydrogens is 378 g/mol. The Labute approximate surface area is 167 Å². The highest BCUT2D eigenvalue weighted by atomic mass is 16.7.